The second-order valence-corrected chi connectivity index (χ2v) is 7.49. The number of benzene rings is 2. The highest BCUT2D eigenvalue weighted by Gasteiger charge is 2.28. The van der Waals surface area contributed by atoms with Crippen molar-refractivity contribution in [2.24, 2.45) is 0 Å². The lowest BCUT2D eigenvalue weighted by Gasteiger charge is -2.36. The number of nitro groups is 1. The van der Waals surface area contributed by atoms with Crippen molar-refractivity contribution in [2.75, 3.05) is 49.1 Å². The molecule has 4 rings (SSSR count). The van der Waals surface area contributed by atoms with Crippen LogP contribution in [0.25, 0.3) is 0 Å². The highest BCUT2D eigenvalue weighted by Crippen LogP contribution is 2.32. The number of para-hydroxylation sites is 1. The van der Waals surface area contributed by atoms with Gasteiger partial charge in [0.05, 0.1) is 11.5 Å². The molecule has 0 N–H and O–H groups in total. The fourth-order valence-corrected chi connectivity index (χ4v) is 4.11. The molecular weight excluding hydrogens is 380 g/mol. The number of rotatable bonds is 4. The van der Waals surface area contributed by atoms with E-state index >= 15 is 0 Å². The lowest BCUT2D eigenvalue weighted by molar-refractivity contribution is -0.384. The first-order valence-corrected chi connectivity index (χ1v) is 9.70. The minimum absolute atomic E-state index is 0.000880. The minimum Gasteiger partial charge on any atom is -0.362 e. The van der Waals surface area contributed by atoms with Crippen molar-refractivity contribution >= 4 is 34.6 Å². The van der Waals surface area contributed by atoms with Crippen LogP contribution in [0.15, 0.2) is 42.5 Å². The number of halogens is 1. The van der Waals surface area contributed by atoms with E-state index < -0.39 is 4.92 Å². The zero-order valence-electron chi connectivity index (χ0n) is 15.4. The normalized spacial score (nSPS) is 16.2. The Kier molecular flexibility index (Phi) is 5.09. The molecule has 2 aromatic rings. The van der Waals surface area contributed by atoms with Gasteiger partial charge in [-0.25, -0.2) is 0 Å². The Hall–Kier alpha value is -2.80. The van der Waals surface area contributed by atoms with Crippen LogP contribution in [-0.2, 0) is 11.2 Å². The highest BCUT2D eigenvalue weighted by atomic mass is 35.5. The molecule has 8 heteroatoms. The quantitative estimate of drug-likeness (QED) is 0.583. The molecule has 2 heterocycles. The summed E-state index contributed by atoms with van der Waals surface area (Å²) < 4.78 is 0. The first-order chi connectivity index (χ1) is 13.5. The summed E-state index contributed by atoms with van der Waals surface area (Å²) in [7, 11) is 0. The molecule has 2 aliphatic rings. The number of amides is 1. The lowest BCUT2D eigenvalue weighted by atomic mass is 10.2. The maximum absolute atomic E-state index is 12.8. The van der Waals surface area contributed by atoms with Crippen LogP contribution in [0.3, 0.4) is 0 Å². The van der Waals surface area contributed by atoms with Gasteiger partial charge in [-0.3, -0.25) is 14.9 Å². The Balaban J connectivity index is 1.38. The number of hydrogen-bond acceptors (Lipinski definition) is 5. The molecule has 0 saturated carbocycles. The molecule has 1 amide bonds. The number of hydrogen-bond donors (Lipinski definition) is 0. The largest absolute Gasteiger partial charge is 0.362 e. The minimum atomic E-state index is -0.413. The van der Waals surface area contributed by atoms with Gasteiger partial charge in [0.2, 0.25) is 5.91 Å². The number of piperazine rings is 1. The smallest absolute Gasteiger partial charge is 0.294 e. The third-order valence-corrected chi connectivity index (χ3v) is 5.65. The molecule has 0 atom stereocenters. The zero-order chi connectivity index (χ0) is 19.7. The van der Waals surface area contributed by atoms with Gasteiger partial charge in [-0.1, -0.05) is 29.8 Å². The van der Waals surface area contributed by atoms with Crippen molar-refractivity contribution in [3.8, 4) is 0 Å². The third-order valence-electron chi connectivity index (χ3n) is 5.42. The van der Waals surface area contributed by atoms with Crippen LogP contribution >= 0.6 is 11.6 Å². The van der Waals surface area contributed by atoms with Crippen LogP contribution < -0.4 is 9.80 Å². The van der Waals surface area contributed by atoms with E-state index in [0.29, 0.717) is 43.4 Å². The van der Waals surface area contributed by atoms with Crippen molar-refractivity contribution in [1.29, 1.82) is 0 Å². The van der Waals surface area contributed by atoms with Gasteiger partial charge >= 0.3 is 0 Å². The molecule has 1 fully saturated rings. The van der Waals surface area contributed by atoms with E-state index in [1.165, 1.54) is 11.6 Å². The molecule has 2 aliphatic heterocycles. The maximum Gasteiger partial charge on any atom is 0.294 e. The van der Waals surface area contributed by atoms with Gasteiger partial charge in [0.1, 0.15) is 5.69 Å². The lowest BCUT2D eigenvalue weighted by Crippen LogP contribution is -2.51. The van der Waals surface area contributed by atoms with Gasteiger partial charge in [-0.15, -0.1) is 0 Å². The van der Waals surface area contributed by atoms with Crippen LogP contribution in [0, 0.1) is 10.1 Å². The predicted octanol–water partition coefficient (Wildman–Crippen LogP) is 2.96. The highest BCUT2D eigenvalue weighted by molar-refractivity contribution is 6.30. The van der Waals surface area contributed by atoms with Gasteiger partial charge in [0, 0.05) is 49.5 Å². The molecule has 1 saturated heterocycles. The molecule has 2 aromatic carbocycles. The van der Waals surface area contributed by atoms with Crippen LogP contribution in [0.1, 0.15) is 5.56 Å². The number of nitrogens with zero attached hydrogens (tertiary/aromatic N) is 4. The fourth-order valence-electron chi connectivity index (χ4n) is 3.94. The molecule has 0 unspecified atom stereocenters. The second-order valence-electron chi connectivity index (χ2n) is 7.06. The number of anilines is 2. The second kappa shape index (κ2) is 7.67. The third kappa shape index (κ3) is 3.62. The average molecular weight is 401 g/mol. The van der Waals surface area contributed by atoms with Crippen molar-refractivity contribution < 1.29 is 9.72 Å². The Bertz CT molecular complexity index is 912. The molecule has 28 heavy (non-hydrogen) atoms. The first kappa shape index (κ1) is 18.6. The maximum atomic E-state index is 12.8. The molecule has 0 spiro atoms. The standard InChI is InChI=1S/C20H21ClN4O3/c21-16-5-6-18(19(13-16)25(27)28)22-9-11-23(12-10-22)20(26)14-24-8-7-15-3-1-2-4-17(15)24/h1-6,13H,7-12,14H2. The molecule has 146 valence electrons. The molecule has 0 aromatic heterocycles. The predicted molar refractivity (Wildman–Crippen MR) is 109 cm³/mol. The van der Waals surface area contributed by atoms with Crippen LogP contribution in [-0.4, -0.2) is 55.0 Å². The molecular formula is C20H21ClN4O3. The molecule has 0 aliphatic carbocycles. The van der Waals surface area contributed by atoms with E-state index in [1.54, 1.807) is 12.1 Å². The monoisotopic (exact) mass is 400 g/mol. The number of fused-ring (bicyclic) bond motifs is 1. The van der Waals surface area contributed by atoms with Gasteiger partial charge in [-0.05, 0) is 30.2 Å². The van der Waals surface area contributed by atoms with E-state index in [9.17, 15) is 14.9 Å². The van der Waals surface area contributed by atoms with E-state index in [2.05, 4.69) is 17.0 Å². The van der Waals surface area contributed by atoms with Crippen molar-refractivity contribution in [3.63, 3.8) is 0 Å². The summed E-state index contributed by atoms with van der Waals surface area (Å²) in [5.74, 6) is 0.0990. The zero-order valence-corrected chi connectivity index (χ0v) is 16.1. The molecule has 0 bridgehead atoms. The van der Waals surface area contributed by atoms with Gasteiger partial charge in [0.25, 0.3) is 5.69 Å². The van der Waals surface area contributed by atoms with E-state index in [-0.39, 0.29) is 11.6 Å². The Morgan fingerprint density at radius 1 is 1.04 bits per heavy atom. The summed E-state index contributed by atoms with van der Waals surface area (Å²) in [5.41, 5.74) is 2.98. The summed E-state index contributed by atoms with van der Waals surface area (Å²) in [4.78, 5) is 29.6. The van der Waals surface area contributed by atoms with Crippen molar-refractivity contribution in [2.45, 2.75) is 6.42 Å². The Morgan fingerprint density at radius 3 is 2.54 bits per heavy atom. The van der Waals surface area contributed by atoms with E-state index in [0.717, 1.165) is 18.7 Å². The van der Waals surface area contributed by atoms with Gasteiger partial charge < -0.3 is 14.7 Å². The Labute approximate surface area is 168 Å². The average Bonchev–Trinajstić information content (AvgIpc) is 3.11. The van der Waals surface area contributed by atoms with Crippen LogP contribution in [0.2, 0.25) is 5.02 Å². The fraction of sp³-hybridized carbons (Fsp3) is 0.350. The van der Waals surface area contributed by atoms with E-state index in [4.69, 9.17) is 11.6 Å². The van der Waals surface area contributed by atoms with E-state index in [1.807, 2.05) is 21.9 Å². The summed E-state index contributed by atoms with van der Waals surface area (Å²) >= 11 is 5.90. The SMILES string of the molecule is O=C(CN1CCc2ccccc21)N1CCN(c2ccc(Cl)cc2[N+](=O)[O-])CC1. The van der Waals surface area contributed by atoms with Gasteiger partial charge in [0.15, 0.2) is 0 Å². The topological polar surface area (TPSA) is 69.9 Å². The molecule has 0 radical (unpaired) electrons. The number of carbonyl (C=O) groups excluding carboxylic acids is 1. The van der Waals surface area contributed by atoms with Crippen molar-refractivity contribution in [1.82, 2.24) is 4.90 Å². The Morgan fingerprint density at radius 2 is 1.79 bits per heavy atom. The first-order valence-electron chi connectivity index (χ1n) is 9.32. The summed E-state index contributed by atoms with van der Waals surface area (Å²) in [6.07, 6.45) is 0.970. The summed E-state index contributed by atoms with van der Waals surface area (Å²) in [5, 5.41) is 11.7. The van der Waals surface area contributed by atoms with Crippen LogP contribution in [0.4, 0.5) is 17.1 Å². The summed E-state index contributed by atoms with van der Waals surface area (Å²) in [6.45, 7) is 3.46. The van der Waals surface area contributed by atoms with Crippen molar-refractivity contribution in [3.05, 3.63) is 63.2 Å². The van der Waals surface area contributed by atoms with Gasteiger partial charge in [-0.2, -0.15) is 0 Å². The van der Waals surface area contributed by atoms with Crippen LogP contribution in [0.5, 0.6) is 0 Å². The summed E-state index contributed by atoms with van der Waals surface area (Å²) in [6, 6.07) is 12.9. The number of carbonyl (C=O) groups is 1. The molecule has 7 nitrogen and oxygen atoms in total. The number of nitro benzene ring substituents is 1.